The molecule has 0 atom stereocenters. The zero-order valence-corrected chi connectivity index (χ0v) is 12.0. The van der Waals surface area contributed by atoms with E-state index in [0.717, 1.165) is 26.1 Å². The van der Waals surface area contributed by atoms with Crippen LogP contribution >= 0.6 is 0 Å². The van der Waals surface area contributed by atoms with Crippen molar-refractivity contribution in [3.05, 3.63) is 30.3 Å². The average molecular weight is 271 g/mol. The van der Waals surface area contributed by atoms with Gasteiger partial charge >= 0.3 is 0 Å². The van der Waals surface area contributed by atoms with Crippen LogP contribution < -0.4 is 9.62 Å². The van der Waals surface area contributed by atoms with Gasteiger partial charge < -0.3 is 4.90 Å². The van der Waals surface area contributed by atoms with Gasteiger partial charge in [-0.15, -0.1) is 0 Å². The molecular formula is C13H23N2O2S+. The fraction of sp³-hybridized carbons (Fsp3) is 0.538. The summed E-state index contributed by atoms with van der Waals surface area (Å²) in [6.45, 7) is 7.97. The topological polar surface area (TPSA) is 50.6 Å². The molecule has 0 unspecified atom stereocenters. The zero-order valence-electron chi connectivity index (χ0n) is 11.1. The molecule has 0 bridgehead atoms. The smallest absolute Gasteiger partial charge is 0.240 e. The summed E-state index contributed by atoms with van der Waals surface area (Å²) in [5.41, 5.74) is 0. The van der Waals surface area contributed by atoms with Crippen molar-refractivity contribution in [3.63, 3.8) is 0 Å². The Labute approximate surface area is 110 Å². The van der Waals surface area contributed by atoms with Crippen molar-refractivity contribution in [2.75, 3.05) is 26.2 Å². The van der Waals surface area contributed by atoms with Gasteiger partial charge in [-0.05, 0) is 26.0 Å². The van der Waals surface area contributed by atoms with Gasteiger partial charge in [0.15, 0.2) is 0 Å². The Hall–Kier alpha value is -0.910. The molecule has 2 N–H and O–H groups in total. The molecule has 0 radical (unpaired) electrons. The number of benzene rings is 1. The second-order valence-electron chi connectivity index (χ2n) is 4.27. The van der Waals surface area contributed by atoms with Gasteiger partial charge in [0, 0.05) is 13.0 Å². The first kappa shape index (κ1) is 15.1. The molecule has 1 aromatic rings. The Morgan fingerprint density at radius 1 is 1.11 bits per heavy atom. The van der Waals surface area contributed by atoms with E-state index in [1.54, 1.807) is 24.3 Å². The Kier molecular flexibility index (Phi) is 6.32. The summed E-state index contributed by atoms with van der Waals surface area (Å²) in [6.07, 6.45) is 0.864. The Balaban J connectivity index is 2.40. The SMILES string of the molecule is CC[NH+](CC)CCCNS(=O)(=O)c1ccccc1. The molecule has 102 valence electrons. The van der Waals surface area contributed by atoms with Crippen molar-refractivity contribution in [2.45, 2.75) is 25.2 Å². The number of hydrogen-bond donors (Lipinski definition) is 2. The highest BCUT2D eigenvalue weighted by atomic mass is 32.2. The number of rotatable bonds is 8. The van der Waals surface area contributed by atoms with Gasteiger partial charge in [-0.3, -0.25) is 0 Å². The lowest BCUT2D eigenvalue weighted by atomic mass is 10.4. The summed E-state index contributed by atoms with van der Waals surface area (Å²) in [4.78, 5) is 1.83. The zero-order chi connectivity index (χ0) is 13.4. The first-order valence-electron chi connectivity index (χ1n) is 6.48. The molecule has 0 aromatic heterocycles. The Morgan fingerprint density at radius 3 is 2.28 bits per heavy atom. The summed E-state index contributed by atoms with van der Waals surface area (Å²) in [6, 6.07) is 8.49. The maximum Gasteiger partial charge on any atom is 0.240 e. The highest BCUT2D eigenvalue weighted by molar-refractivity contribution is 7.89. The van der Waals surface area contributed by atoms with E-state index in [2.05, 4.69) is 18.6 Å². The Bertz CT molecular complexity index is 428. The molecule has 0 saturated heterocycles. The molecule has 1 rings (SSSR count). The van der Waals surface area contributed by atoms with Crippen LogP contribution in [0, 0.1) is 0 Å². The molecule has 0 aliphatic carbocycles. The summed E-state index contributed by atoms with van der Waals surface area (Å²) in [7, 11) is -3.33. The molecule has 0 aliphatic rings. The number of sulfonamides is 1. The van der Waals surface area contributed by atoms with E-state index in [-0.39, 0.29) is 0 Å². The van der Waals surface area contributed by atoms with Crippen LogP contribution in [0.25, 0.3) is 0 Å². The maximum atomic E-state index is 11.9. The van der Waals surface area contributed by atoms with Gasteiger partial charge in [0.1, 0.15) is 0 Å². The van der Waals surface area contributed by atoms with Crippen LogP contribution in [0.2, 0.25) is 0 Å². The monoisotopic (exact) mass is 271 g/mol. The lowest BCUT2D eigenvalue weighted by Crippen LogP contribution is -3.11. The molecule has 1 aromatic carbocycles. The van der Waals surface area contributed by atoms with E-state index in [9.17, 15) is 8.42 Å². The maximum absolute atomic E-state index is 11.9. The predicted molar refractivity (Wildman–Crippen MR) is 73.2 cm³/mol. The predicted octanol–water partition coefficient (Wildman–Crippen LogP) is 0.280. The van der Waals surface area contributed by atoms with E-state index >= 15 is 0 Å². The second kappa shape index (κ2) is 7.51. The molecule has 0 amide bonds. The molecule has 0 fully saturated rings. The van der Waals surface area contributed by atoms with Crippen molar-refractivity contribution < 1.29 is 13.3 Å². The number of nitrogens with one attached hydrogen (secondary N) is 2. The molecule has 0 aliphatic heterocycles. The standard InChI is InChI=1S/C13H22N2O2S/c1-3-15(4-2)12-8-11-14-18(16,17)13-9-6-5-7-10-13/h5-7,9-10,14H,3-4,8,11-12H2,1-2H3/p+1. The van der Waals surface area contributed by atoms with E-state index in [1.165, 1.54) is 4.90 Å². The van der Waals surface area contributed by atoms with E-state index in [1.807, 2.05) is 6.07 Å². The largest absolute Gasteiger partial charge is 0.335 e. The molecule has 0 heterocycles. The summed E-state index contributed by atoms with van der Waals surface area (Å²) in [5.74, 6) is 0. The molecular weight excluding hydrogens is 248 g/mol. The fourth-order valence-corrected chi connectivity index (χ4v) is 2.93. The summed E-state index contributed by atoms with van der Waals surface area (Å²) >= 11 is 0. The first-order valence-corrected chi connectivity index (χ1v) is 7.96. The highest BCUT2D eigenvalue weighted by Crippen LogP contribution is 2.06. The van der Waals surface area contributed by atoms with E-state index in [4.69, 9.17) is 0 Å². The second-order valence-corrected chi connectivity index (χ2v) is 6.04. The normalized spacial score (nSPS) is 11.9. The van der Waals surface area contributed by atoms with Crippen LogP contribution in [0.15, 0.2) is 35.2 Å². The minimum absolute atomic E-state index is 0.334. The van der Waals surface area contributed by atoms with Gasteiger partial charge in [0.25, 0.3) is 0 Å². The third-order valence-corrected chi connectivity index (χ3v) is 4.53. The number of hydrogen-bond acceptors (Lipinski definition) is 2. The van der Waals surface area contributed by atoms with Gasteiger partial charge in [-0.2, -0.15) is 0 Å². The van der Waals surface area contributed by atoms with Crippen LogP contribution in [-0.2, 0) is 10.0 Å². The molecule has 5 heteroatoms. The molecule has 0 saturated carbocycles. The van der Waals surface area contributed by atoms with Crippen LogP contribution in [0.3, 0.4) is 0 Å². The lowest BCUT2D eigenvalue weighted by Gasteiger charge is -2.15. The van der Waals surface area contributed by atoms with Crippen molar-refractivity contribution in [2.24, 2.45) is 0 Å². The van der Waals surface area contributed by atoms with E-state index in [0.29, 0.717) is 11.4 Å². The minimum Gasteiger partial charge on any atom is -0.335 e. The van der Waals surface area contributed by atoms with E-state index < -0.39 is 10.0 Å². The quantitative estimate of drug-likeness (QED) is 0.667. The van der Waals surface area contributed by atoms with Gasteiger partial charge in [-0.25, -0.2) is 13.1 Å². The van der Waals surface area contributed by atoms with Crippen molar-refractivity contribution in [1.29, 1.82) is 0 Å². The summed E-state index contributed by atoms with van der Waals surface area (Å²) in [5, 5.41) is 0. The van der Waals surface area contributed by atoms with Gasteiger partial charge in [-0.1, -0.05) is 18.2 Å². The van der Waals surface area contributed by atoms with Gasteiger partial charge in [0.2, 0.25) is 10.0 Å². The minimum atomic E-state index is -3.33. The lowest BCUT2D eigenvalue weighted by molar-refractivity contribution is -0.896. The third-order valence-electron chi connectivity index (χ3n) is 3.05. The Morgan fingerprint density at radius 2 is 1.72 bits per heavy atom. The van der Waals surface area contributed by atoms with Crippen molar-refractivity contribution >= 4 is 10.0 Å². The van der Waals surface area contributed by atoms with Crippen molar-refractivity contribution in [3.8, 4) is 0 Å². The molecule has 0 spiro atoms. The van der Waals surface area contributed by atoms with Crippen LogP contribution in [0.1, 0.15) is 20.3 Å². The average Bonchev–Trinajstić information content (AvgIpc) is 2.40. The fourth-order valence-electron chi connectivity index (χ4n) is 1.83. The highest BCUT2D eigenvalue weighted by Gasteiger charge is 2.12. The first-order chi connectivity index (χ1) is 8.60. The summed E-state index contributed by atoms with van der Waals surface area (Å²) < 4.78 is 26.4. The van der Waals surface area contributed by atoms with Crippen LogP contribution in [-0.4, -0.2) is 34.6 Å². The van der Waals surface area contributed by atoms with Gasteiger partial charge in [0.05, 0.1) is 24.5 Å². The van der Waals surface area contributed by atoms with Crippen molar-refractivity contribution in [1.82, 2.24) is 4.72 Å². The third kappa shape index (κ3) is 4.76. The van der Waals surface area contributed by atoms with Crippen LogP contribution in [0.4, 0.5) is 0 Å². The molecule has 18 heavy (non-hydrogen) atoms. The van der Waals surface area contributed by atoms with Crippen LogP contribution in [0.5, 0.6) is 0 Å². The number of quaternary nitrogens is 1. The molecule has 4 nitrogen and oxygen atoms in total.